The zero-order valence-corrected chi connectivity index (χ0v) is 10.8. The number of nitro groups is 1. The van der Waals surface area contributed by atoms with Gasteiger partial charge in [0.05, 0.1) is 16.7 Å². The van der Waals surface area contributed by atoms with Gasteiger partial charge in [0, 0.05) is 23.9 Å². The van der Waals surface area contributed by atoms with Crippen LogP contribution in [0.5, 0.6) is 0 Å². The second-order valence-corrected chi connectivity index (χ2v) is 4.25. The van der Waals surface area contributed by atoms with Gasteiger partial charge in [-0.2, -0.15) is 0 Å². The Morgan fingerprint density at radius 1 is 1.25 bits per heavy atom. The molecule has 0 bridgehead atoms. The normalized spacial score (nSPS) is 11.7. The van der Waals surface area contributed by atoms with E-state index < -0.39 is 4.92 Å². The summed E-state index contributed by atoms with van der Waals surface area (Å²) in [5, 5.41) is 13.3. The minimum atomic E-state index is -0.502. The zero-order valence-electron chi connectivity index (χ0n) is 10.8. The molecule has 6 nitrogen and oxygen atoms in total. The molecule has 1 aromatic carbocycles. The van der Waals surface area contributed by atoms with Crippen LogP contribution in [0.3, 0.4) is 0 Å². The number of carbonyl (C=O) groups is 1. The number of carbonyl (C=O) groups excluding carboxylic acids is 1. The Morgan fingerprint density at radius 3 is 2.50 bits per heavy atom. The summed E-state index contributed by atoms with van der Waals surface area (Å²) in [6.45, 7) is 1.83. The number of nitrogens with one attached hydrogen (secondary N) is 1. The minimum Gasteiger partial charge on any atom is -0.344 e. The predicted molar refractivity (Wildman–Crippen MR) is 73.2 cm³/mol. The van der Waals surface area contributed by atoms with Crippen LogP contribution in [0.2, 0.25) is 0 Å². The fraction of sp³-hybridized carbons (Fsp3) is 0.143. The van der Waals surface area contributed by atoms with E-state index >= 15 is 0 Å². The molecule has 2 rings (SSSR count). The summed E-state index contributed by atoms with van der Waals surface area (Å²) in [6.07, 6.45) is 1.66. The topological polar surface area (TPSA) is 85.1 Å². The third-order valence-corrected chi connectivity index (χ3v) is 2.82. The molecule has 0 saturated carbocycles. The lowest BCUT2D eigenvalue weighted by molar-refractivity contribution is -0.384. The molecule has 0 aliphatic rings. The average Bonchev–Trinajstić information content (AvgIpc) is 2.48. The number of nitro benzene ring substituents is 1. The SMILES string of the molecule is C[C@H](NC(=O)c1ccc([N+](=O)[O-])cc1)c1ccccn1. The summed E-state index contributed by atoms with van der Waals surface area (Å²) in [5.41, 5.74) is 1.08. The summed E-state index contributed by atoms with van der Waals surface area (Å²) in [4.78, 5) is 26.2. The summed E-state index contributed by atoms with van der Waals surface area (Å²) in [5.74, 6) is -0.293. The molecule has 102 valence electrons. The van der Waals surface area contributed by atoms with E-state index in [0.29, 0.717) is 5.56 Å². The molecule has 0 radical (unpaired) electrons. The van der Waals surface area contributed by atoms with E-state index in [2.05, 4.69) is 10.3 Å². The van der Waals surface area contributed by atoms with Crippen molar-refractivity contribution in [2.45, 2.75) is 13.0 Å². The second-order valence-electron chi connectivity index (χ2n) is 4.25. The smallest absolute Gasteiger partial charge is 0.269 e. The molecule has 1 aromatic heterocycles. The maximum absolute atomic E-state index is 12.0. The van der Waals surface area contributed by atoms with Crippen molar-refractivity contribution in [2.75, 3.05) is 0 Å². The molecule has 1 atom stereocenters. The van der Waals surface area contributed by atoms with Crippen molar-refractivity contribution >= 4 is 11.6 Å². The van der Waals surface area contributed by atoms with Gasteiger partial charge in [0.2, 0.25) is 0 Å². The lowest BCUT2D eigenvalue weighted by Crippen LogP contribution is -2.27. The van der Waals surface area contributed by atoms with Crippen LogP contribution in [0.15, 0.2) is 48.7 Å². The first kappa shape index (κ1) is 13.7. The van der Waals surface area contributed by atoms with Gasteiger partial charge < -0.3 is 5.32 Å². The van der Waals surface area contributed by atoms with Gasteiger partial charge in [0.1, 0.15) is 0 Å². The first-order valence-corrected chi connectivity index (χ1v) is 6.04. The lowest BCUT2D eigenvalue weighted by Gasteiger charge is -2.13. The molecule has 6 heteroatoms. The predicted octanol–water partition coefficient (Wildman–Crippen LogP) is 2.48. The van der Waals surface area contributed by atoms with E-state index in [1.165, 1.54) is 24.3 Å². The van der Waals surface area contributed by atoms with Crippen molar-refractivity contribution in [1.29, 1.82) is 0 Å². The Hall–Kier alpha value is -2.76. The van der Waals surface area contributed by atoms with E-state index in [4.69, 9.17) is 0 Å². The molecule has 0 aliphatic carbocycles. The van der Waals surface area contributed by atoms with Gasteiger partial charge in [-0.25, -0.2) is 0 Å². The van der Waals surface area contributed by atoms with Crippen LogP contribution in [0.25, 0.3) is 0 Å². The first-order chi connectivity index (χ1) is 9.58. The molecule has 1 N–H and O–H groups in total. The minimum absolute atomic E-state index is 0.0423. The van der Waals surface area contributed by atoms with Crippen LogP contribution in [0, 0.1) is 10.1 Å². The van der Waals surface area contributed by atoms with Crippen molar-refractivity contribution < 1.29 is 9.72 Å². The van der Waals surface area contributed by atoms with E-state index in [-0.39, 0.29) is 17.6 Å². The number of pyridine rings is 1. The number of benzene rings is 1. The number of hydrogen-bond acceptors (Lipinski definition) is 4. The van der Waals surface area contributed by atoms with Crippen molar-refractivity contribution in [1.82, 2.24) is 10.3 Å². The Balaban J connectivity index is 2.06. The maximum Gasteiger partial charge on any atom is 0.269 e. The van der Waals surface area contributed by atoms with Gasteiger partial charge in [-0.3, -0.25) is 19.9 Å². The molecule has 1 amide bonds. The highest BCUT2D eigenvalue weighted by Crippen LogP contribution is 2.13. The third kappa shape index (κ3) is 3.17. The highest BCUT2D eigenvalue weighted by atomic mass is 16.6. The monoisotopic (exact) mass is 271 g/mol. The first-order valence-electron chi connectivity index (χ1n) is 6.04. The van der Waals surface area contributed by atoms with Crippen molar-refractivity contribution in [3.05, 3.63) is 70.0 Å². The summed E-state index contributed by atoms with van der Waals surface area (Å²) in [6, 6.07) is 10.7. The largest absolute Gasteiger partial charge is 0.344 e. The molecular formula is C14H13N3O3. The van der Waals surface area contributed by atoms with Crippen molar-refractivity contribution in [3.8, 4) is 0 Å². The summed E-state index contributed by atoms with van der Waals surface area (Å²) in [7, 11) is 0. The molecule has 20 heavy (non-hydrogen) atoms. The molecule has 0 saturated heterocycles. The standard InChI is InChI=1S/C14H13N3O3/c1-10(13-4-2-3-9-15-13)16-14(18)11-5-7-12(8-6-11)17(19)20/h2-10H,1H3,(H,16,18)/t10-/m0/s1. The molecular weight excluding hydrogens is 258 g/mol. The van der Waals surface area contributed by atoms with Crippen LogP contribution < -0.4 is 5.32 Å². The maximum atomic E-state index is 12.0. The molecule has 1 heterocycles. The lowest BCUT2D eigenvalue weighted by atomic mass is 10.1. The third-order valence-electron chi connectivity index (χ3n) is 2.82. The van der Waals surface area contributed by atoms with Crippen LogP contribution in [0.1, 0.15) is 29.0 Å². The van der Waals surface area contributed by atoms with E-state index in [1.54, 1.807) is 12.3 Å². The summed E-state index contributed by atoms with van der Waals surface area (Å²) >= 11 is 0. The number of rotatable bonds is 4. The average molecular weight is 271 g/mol. The molecule has 0 unspecified atom stereocenters. The van der Waals surface area contributed by atoms with Gasteiger partial charge in [0.25, 0.3) is 11.6 Å². The number of nitrogens with zero attached hydrogens (tertiary/aromatic N) is 2. The second kappa shape index (κ2) is 5.92. The van der Waals surface area contributed by atoms with Gasteiger partial charge in [-0.1, -0.05) is 6.07 Å². The molecule has 0 aliphatic heterocycles. The zero-order chi connectivity index (χ0) is 14.5. The van der Waals surface area contributed by atoms with Crippen molar-refractivity contribution in [3.63, 3.8) is 0 Å². The molecule has 2 aromatic rings. The van der Waals surface area contributed by atoms with Crippen molar-refractivity contribution in [2.24, 2.45) is 0 Å². The van der Waals surface area contributed by atoms with Crippen LogP contribution in [0.4, 0.5) is 5.69 Å². The van der Waals surface area contributed by atoms with Gasteiger partial charge >= 0.3 is 0 Å². The quantitative estimate of drug-likeness (QED) is 0.683. The highest BCUT2D eigenvalue weighted by molar-refractivity contribution is 5.94. The Morgan fingerprint density at radius 2 is 1.95 bits per heavy atom. The van der Waals surface area contributed by atoms with Gasteiger partial charge in [0.15, 0.2) is 0 Å². The summed E-state index contributed by atoms with van der Waals surface area (Å²) < 4.78 is 0. The van der Waals surface area contributed by atoms with Gasteiger partial charge in [-0.05, 0) is 31.2 Å². The van der Waals surface area contributed by atoms with Crippen LogP contribution >= 0.6 is 0 Å². The van der Waals surface area contributed by atoms with E-state index in [1.807, 2.05) is 19.1 Å². The van der Waals surface area contributed by atoms with Crippen LogP contribution in [-0.4, -0.2) is 15.8 Å². The van der Waals surface area contributed by atoms with E-state index in [9.17, 15) is 14.9 Å². The molecule has 0 spiro atoms. The molecule has 0 fully saturated rings. The number of amides is 1. The van der Waals surface area contributed by atoms with Gasteiger partial charge in [-0.15, -0.1) is 0 Å². The fourth-order valence-electron chi connectivity index (χ4n) is 1.72. The number of hydrogen-bond donors (Lipinski definition) is 1. The van der Waals surface area contributed by atoms with E-state index in [0.717, 1.165) is 5.69 Å². The fourth-order valence-corrected chi connectivity index (χ4v) is 1.72. The number of non-ortho nitro benzene ring substituents is 1. The highest BCUT2D eigenvalue weighted by Gasteiger charge is 2.13. The van der Waals surface area contributed by atoms with Crippen LogP contribution in [-0.2, 0) is 0 Å². The number of aromatic nitrogens is 1. The Labute approximate surface area is 115 Å². The Kier molecular flexibility index (Phi) is 4.05. The Bertz CT molecular complexity index is 611.